The third-order valence-electron chi connectivity index (χ3n) is 3.99. The van der Waals surface area contributed by atoms with E-state index in [0.29, 0.717) is 12.6 Å². The van der Waals surface area contributed by atoms with Gasteiger partial charge in [-0.25, -0.2) is 8.42 Å². The third-order valence-corrected chi connectivity index (χ3v) is 6.58. The van der Waals surface area contributed by atoms with E-state index in [9.17, 15) is 8.42 Å². The highest BCUT2D eigenvalue weighted by Crippen LogP contribution is 2.22. The molecule has 0 radical (unpaired) electrons. The lowest BCUT2D eigenvalue weighted by atomic mass is 9.90. The van der Waals surface area contributed by atoms with Crippen molar-refractivity contribution in [3.8, 4) is 0 Å². The van der Waals surface area contributed by atoms with Gasteiger partial charge in [0.25, 0.3) is 0 Å². The average molecular weight is 276 g/mol. The maximum atomic E-state index is 12.1. The molecule has 0 aromatic carbocycles. The Labute approximate surface area is 112 Å². The van der Waals surface area contributed by atoms with E-state index in [1.54, 1.807) is 20.8 Å². The van der Waals surface area contributed by atoms with Crippen molar-refractivity contribution in [2.75, 3.05) is 19.3 Å². The smallest absolute Gasteiger partial charge is 0.156 e. The van der Waals surface area contributed by atoms with Gasteiger partial charge < -0.3 is 10.6 Å². The minimum Gasteiger partial charge on any atom is -0.326 e. The standard InChI is InChI=1S/C13H28N2O2S/c1-13(2,3)18(16,17)10-9-15(4)12-8-6-5-7-11(12)14/h11-12H,5-10,14H2,1-4H3. The van der Waals surface area contributed by atoms with Gasteiger partial charge >= 0.3 is 0 Å². The van der Waals surface area contributed by atoms with Gasteiger partial charge in [0, 0.05) is 18.6 Å². The number of nitrogens with zero attached hydrogens (tertiary/aromatic N) is 1. The molecule has 2 N–H and O–H groups in total. The fourth-order valence-corrected chi connectivity index (χ4v) is 3.56. The van der Waals surface area contributed by atoms with E-state index in [-0.39, 0.29) is 11.8 Å². The number of likely N-dealkylation sites (N-methyl/N-ethyl adjacent to an activating group) is 1. The van der Waals surface area contributed by atoms with E-state index < -0.39 is 14.6 Å². The van der Waals surface area contributed by atoms with Crippen molar-refractivity contribution in [3.05, 3.63) is 0 Å². The monoisotopic (exact) mass is 276 g/mol. The Kier molecular flexibility index (Phi) is 5.21. The van der Waals surface area contributed by atoms with E-state index in [1.165, 1.54) is 12.8 Å². The van der Waals surface area contributed by atoms with E-state index in [1.807, 2.05) is 7.05 Å². The average Bonchev–Trinajstić information content (AvgIpc) is 2.25. The van der Waals surface area contributed by atoms with Crippen LogP contribution in [-0.4, -0.2) is 49.5 Å². The molecule has 1 rings (SSSR count). The van der Waals surface area contributed by atoms with E-state index in [4.69, 9.17) is 5.73 Å². The molecule has 0 aromatic rings. The van der Waals surface area contributed by atoms with Gasteiger partial charge in [-0.1, -0.05) is 12.8 Å². The molecule has 5 heteroatoms. The normalized spacial score (nSPS) is 26.6. The van der Waals surface area contributed by atoms with Gasteiger partial charge in [0.05, 0.1) is 10.5 Å². The van der Waals surface area contributed by atoms with E-state index in [2.05, 4.69) is 4.90 Å². The summed E-state index contributed by atoms with van der Waals surface area (Å²) in [5, 5.41) is 0. The van der Waals surface area contributed by atoms with Crippen molar-refractivity contribution in [3.63, 3.8) is 0 Å². The maximum Gasteiger partial charge on any atom is 0.156 e. The van der Waals surface area contributed by atoms with Crippen molar-refractivity contribution < 1.29 is 8.42 Å². The Balaban J connectivity index is 2.53. The minimum absolute atomic E-state index is 0.195. The summed E-state index contributed by atoms with van der Waals surface area (Å²) in [7, 11) is -1.04. The zero-order valence-corrected chi connectivity index (χ0v) is 13.0. The predicted octanol–water partition coefficient (Wildman–Crippen LogP) is 1.40. The first-order valence-electron chi connectivity index (χ1n) is 6.83. The molecule has 18 heavy (non-hydrogen) atoms. The quantitative estimate of drug-likeness (QED) is 0.843. The summed E-state index contributed by atoms with van der Waals surface area (Å²) >= 11 is 0. The van der Waals surface area contributed by atoms with Gasteiger partial charge in [0.1, 0.15) is 0 Å². The molecule has 0 aliphatic heterocycles. The van der Waals surface area contributed by atoms with E-state index in [0.717, 1.165) is 12.8 Å². The zero-order valence-electron chi connectivity index (χ0n) is 12.1. The van der Waals surface area contributed by atoms with Gasteiger partial charge in [-0.3, -0.25) is 0 Å². The van der Waals surface area contributed by atoms with Crippen LogP contribution in [0, 0.1) is 0 Å². The van der Waals surface area contributed by atoms with Crippen molar-refractivity contribution in [1.82, 2.24) is 4.90 Å². The zero-order chi connectivity index (χ0) is 14.0. The third kappa shape index (κ3) is 3.93. The fourth-order valence-electron chi connectivity index (χ4n) is 2.42. The second-order valence-corrected chi connectivity index (χ2v) is 9.29. The molecule has 1 saturated carbocycles. The van der Waals surface area contributed by atoms with Crippen LogP contribution < -0.4 is 5.73 Å². The number of hydrogen-bond acceptors (Lipinski definition) is 4. The van der Waals surface area contributed by atoms with Gasteiger partial charge in [0.2, 0.25) is 0 Å². The van der Waals surface area contributed by atoms with Crippen LogP contribution in [-0.2, 0) is 9.84 Å². The first-order chi connectivity index (χ1) is 8.15. The number of hydrogen-bond donors (Lipinski definition) is 1. The number of rotatable bonds is 4. The molecular weight excluding hydrogens is 248 g/mol. The summed E-state index contributed by atoms with van der Waals surface area (Å²) in [6.45, 7) is 5.86. The Bertz CT molecular complexity index is 360. The molecule has 0 aromatic heterocycles. The lowest BCUT2D eigenvalue weighted by Crippen LogP contribution is -2.49. The Morgan fingerprint density at radius 3 is 2.28 bits per heavy atom. The number of sulfone groups is 1. The minimum atomic E-state index is -3.03. The van der Waals surface area contributed by atoms with Crippen LogP contribution in [0.4, 0.5) is 0 Å². The molecule has 0 amide bonds. The van der Waals surface area contributed by atoms with Gasteiger partial charge in [-0.05, 0) is 40.7 Å². The molecular formula is C13H28N2O2S. The van der Waals surface area contributed by atoms with Crippen molar-refractivity contribution in [1.29, 1.82) is 0 Å². The second kappa shape index (κ2) is 5.88. The second-order valence-electron chi connectivity index (χ2n) is 6.43. The molecule has 2 unspecified atom stereocenters. The molecule has 0 saturated heterocycles. The fraction of sp³-hybridized carbons (Fsp3) is 1.00. The predicted molar refractivity (Wildman–Crippen MR) is 76.4 cm³/mol. The van der Waals surface area contributed by atoms with Gasteiger partial charge in [-0.2, -0.15) is 0 Å². The molecule has 108 valence electrons. The van der Waals surface area contributed by atoms with Crippen LogP contribution in [0.2, 0.25) is 0 Å². The Morgan fingerprint density at radius 2 is 1.78 bits per heavy atom. The highest BCUT2D eigenvalue weighted by atomic mass is 32.2. The molecule has 0 spiro atoms. The SMILES string of the molecule is CN(CCS(=O)(=O)C(C)(C)C)C1CCCCC1N. The summed E-state index contributed by atoms with van der Waals surface area (Å²) in [6, 6.07) is 0.537. The van der Waals surface area contributed by atoms with Crippen LogP contribution in [0.3, 0.4) is 0 Å². The highest BCUT2D eigenvalue weighted by Gasteiger charge is 2.31. The van der Waals surface area contributed by atoms with Crippen molar-refractivity contribution in [2.45, 2.75) is 63.3 Å². The van der Waals surface area contributed by atoms with Crippen LogP contribution in [0.25, 0.3) is 0 Å². The first kappa shape index (κ1) is 15.9. The number of nitrogens with two attached hydrogens (primary N) is 1. The Morgan fingerprint density at radius 1 is 1.22 bits per heavy atom. The first-order valence-corrected chi connectivity index (χ1v) is 8.48. The summed E-state index contributed by atoms with van der Waals surface area (Å²) in [5.41, 5.74) is 6.11. The lowest BCUT2D eigenvalue weighted by molar-refractivity contribution is 0.177. The molecule has 2 atom stereocenters. The molecule has 1 fully saturated rings. The van der Waals surface area contributed by atoms with Crippen LogP contribution in [0.15, 0.2) is 0 Å². The van der Waals surface area contributed by atoms with Gasteiger partial charge in [-0.15, -0.1) is 0 Å². The van der Waals surface area contributed by atoms with Crippen LogP contribution in [0.5, 0.6) is 0 Å². The van der Waals surface area contributed by atoms with Crippen molar-refractivity contribution in [2.24, 2.45) is 5.73 Å². The Hall–Kier alpha value is -0.130. The summed E-state index contributed by atoms with van der Waals surface area (Å²) in [6.07, 6.45) is 4.55. The van der Waals surface area contributed by atoms with E-state index >= 15 is 0 Å². The molecule has 1 aliphatic rings. The highest BCUT2D eigenvalue weighted by molar-refractivity contribution is 7.92. The van der Waals surface area contributed by atoms with Crippen LogP contribution in [0.1, 0.15) is 46.5 Å². The molecule has 0 heterocycles. The summed E-state index contributed by atoms with van der Waals surface area (Å²) in [5.74, 6) is 0.218. The summed E-state index contributed by atoms with van der Waals surface area (Å²) in [4.78, 5) is 2.13. The topological polar surface area (TPSA) is 63.4 Å². The van der Waals surface area contributed by atoms with Crippen molar-refractivity contribution >= 4 is 9.84 Å². The molecule has 1 aliphatic carbocycles. The summed E-state index contributed by atoms with van der Waals surface area (Å²) < 4.78 is 23.5. The lowest BCUT2D eigenvalue weighted by Gasteiger charge is -2.36. The van der Waals surface area contributed by atoms with Crippen LogP contribution >= 0.6 is 0 Å². The molecule has 4 nitrogen and oxygen atoms in total. The maximum absolute atomic E-state index is 12.1. The largest absolute Gasteiger partial charge is 0.326 e. The molecule has 0 bridgehead atoms. The van der Waals surface area contributed by atoms with Gasteiger partial charge in [0.15, 0.2) is 9.84 Å².